The third-order valence-electron chi connectivity index (χ3n) is 13.9. The molecule has 67 heavy (non-hydrogen) atoms. The summed E-state index contributed by atoms with van der Waals surface area (Å²) in [5, 5.41) is 4.70. The summed E-state index contributed by atoms with van der Waals surface area (Å²) in [7, 11) is 0. The highest BCUT2D eigenvalue weighted by atomic mass is 16.3. The van der Waals surface area contributed by atoms with E-state index in [1.165, 1.54) is 55.3 Å². The van der Waals surface area contributed by atoms with Crippen LogP contribution in [0.1, 0.15) is 22.3 Å². The highest BCUT2D eigenvalue weighted by molar-refractivity contribution is 6.10. The highest BCUT2D eigenvalue weighted by Crippen LogP contribution is 2.57. The highest BCUT2D eigenvalue weighted by Gasteiger charge is 2.46. The van der Waals surface area contributed by atoms with Crippen molar-refractivity contribution in [1.82, 2.24) is 0 Å². The Kier molecular flexibility index (Phi) is 9.11. The van der Waals surface area contributed by atoms with Crippen LogP contribution in [0.3, 0.4) is 0 Å². The lowest BCUT2D eigenvalue weighted by atomic mass is 9.67. The Bertz CT molecular complexity index is 3750. The number of nitrogens with zero attached hydrogens (tertiary/aromatic N) is 1. The van der Waals surface area contributed by atoms with E-state index in [4.69, 9.17) is 4.42 Å². The molecule has 0 fully saturated rings. The summed E-state index contributed by atoms with van der Waals surface area (Å²) in [6.07, 6.45) is 0. The average Bonchev–Trinajstić information content (AvgIpc) is 3.93. The molecule has 0 spiro atoms. The van der Waals surface area contributed by atoms with Gasteiger partial charge in [0.2, 0.25) is 0 Å². The van der Waals surface area contributed by atoms with E-state index >= 15 is 0 Å². The summed E-state index contributed by atoms with van der Waals surface area (Å²) in [5.41, 5.74) is 19.0. The first-order valence-electron chi connectivity index (χ1n) is 23.1. The molecule has 0 unspecified atom stereocenters. The molecule has 0 amide bonds. The Hall–Kier alpha value is -8.72. The van der Waals surface area contributed by atoms with E-state index in [-0.39, 0.29) is 0 Å². The fourth-order valence-electron chi connectivity index (χ4n) is 10.9. The van der Waals surface area contributed by atoms with Crippen LogP contribution in [0.15, 0.2) is 265 Å². The van der Waals surface area contributed by atoms with Gasteiger partial charge in [0.25, 0.3) is 0 Å². The van der Waals surface area contributed by atoms with E-state index in [0.29, 0.717) is 0 Å². The van der Waals surface area contributed by atoms with E-state index in [2.05, 4.69) is 266 Å². The second-order valence-electron chi connectivity index (χ2n) is 17.6. The van der Waals surface area contributed by atoms with Crippen LogP contribution in [-0.4, -0.2) is 0 Å². The van der Waals surface area contributed by atoms with E-state index in [1.807, 2.05) is 0 Å². The number of benzene rings is 11. The Morgan fingerprint density at radius 3 is 1.64 bits per heavy atom. The molecule has 0 saturated carbocycles. The van der Waals surface area contributed by atoms with E-state index < -0.39 is 5.41 Å². The molecule has 1 aliphatic rings. The smallest absolute Gasteiger partial charge is 0.143 e. The normalized spacial score (nSPS) is 12.6. The van der Waals surface area contributed by atoms with Crippen LogP contribution >= 0.6 is 0 Å². The molecule has 1 aliphatic carbocycles. The van der Waals surface area contributed by atoms with Crippen molar-refractivity contribution in [2.75, 3.05) is 4.90 Å². The van der Waals surface area contributed by atoms with Gasteiger partial charge in [0, 0.05) is 33.4 Å². The van der Waals surface area contributed by atoms with Gasteiger partial charge in [-0.05, 0) is 121 Å². The summed E-state index contributed by atoms with van der Waals surface area (Å²) in [6.45, 7) is 0. The number of fused-ring (bicyclic) bond motifs is 7. The predicted octanol–water partition coefficient (Wildman–Crippen LogP) is 17.6. The minimum Gasteiger partial charge on any atom is -0.455 e. The zero-order valence-corrected chi connectivity index (χ0v) is 36.7. The van der Waals surface area contributed by atoms with Gasteiger partial charge >= 0.3 is 0 Å². The van der Waals surface area contributed by atoms with Crippen LogP contribution in [-0.2, 0) is 5.41 Å². The molecule has 12 aromatic rings. The molecule has 11 aromatic carbocycles. The van der Waals surface area contributed by atoms with Crippen LogP contribution < -0.4 is 4.90 Å². The van der Waals surface area contributed by atoms with Gasteiger partial charge in [-0.2, -0.15) is 0 Å². The molecule has 0 bridgehead atoms. The van der Waals surface area contributed by atoms with Crippen LogP contribution in [0.4, 0.5) is 17.1 Å². The molecule has 2 heteroatoms. The summed E-state index contributed by atoms with van der Waals surface area (Å²) in [6, 6.07) is 95.0. The monoisotopic (exact) mass is 853 g/mol. The standard InChI is InChI=1S/C65H43NO/c1-4-17-45(18-5-1)56-30-16-31-59-60-42-48(35-40-63(60)67-64(56)59)47-21-14-26-52(41-47)66(51-36-33-46(34-37-51)55-29-15-20-44-19-10-11-27-54(44)55)53-38-39-58-57-28-12-13-32-61(57)65(62(58)43-53,49-22-6-2-7-23-49)50-24-8-3-9-25-50/h1-43H. The molecular weight excluding hydrogens is 811 g/mol. The summed E-state index contributed by atoms with van der Waals surface area (Å²) >= 11 is 0. The molecular formula is C65H43NO. The Morgan fingerprint density at radius 1 is 0.299 bits per heavy atom. The van der Waals surface area contributed by atoms with Crippen molar-refractivity contribution in [3.05, 3.63) is 283 Å². The molecule has 1 heterocycles. The van der Waals surface area contributed by atoms with Crippen molar-refractivity contribution in [2.24, 2.45) is 0 Å². The first kappa shape index (κ1) is 38.7. The minimum atomic E-state index is -0.528. The first-order chi connectivity index (χ1) is 33.2. The lowest BCUT2D eigenvalue weighted by Crippen LogP contribution is -2.28. The molecule has 13 rings (SSSR count). The minimum absolute atomic E-state index is 0.528. The van der Waals surface area contributed by atoms with Gasteiger partial charge in [-0.25, -0.2) is 0 Å². The maximum absolute atomic E-state index is 6.60. The summed E-state index contributed by atoms with van der Waals surface area (Å²) < 4.78 is 6.60. The van der Waals surface area contributed by atoms with Gasteiger partial charge in [-0.1, -0.05) is 212 Å². The molecule has 0 radical (unpaired) electrons. The van der Waals surface area contributed by atoms with Crippen molar-refractivity contribution in [3.8, 4) is 44.5 Å². The number of hydrogen-bond donors (Lipinski definition) is 0. The van der Waals surface area contributed by atoms with Crippen LogP contribution in [0.25, 0.3) is 77.2 Å². The maximum atomic E-state index is 6.60. The number of furan rings is 1. The quantitative estimate of drug-likeness (QED) is 0.151. The SMILES string of the molecule is c1ccc(-c2cccc3c2oc2ccc(-c4cccc(N(c5ccc(-c6cccc7ccccc67)cc5)c5ccc6c(c5)C(c5ccccc5)(c5ccccc5)c5ccccc5-6)c4)cc23)cc1. The van der Waals surface area contributed by atoms with Crippen molar-refractivity contribution in [3.63, 3.8) is 0 Å². The second-order valence-corrected chi connectivity index (χ2v) is 17.6. The zero-order chi connectivity index (χ0) is 44.3. The Morgan fingerprint density at radius 2 is 0.836 bits per heavy atom. The third-order valence-corrected chi connectivity index (χ3v) is 13.9. The van der Waals surface area contributed by atoms with Gasteiger partial charge in [0.05, 0.1) is 5.41 Å². The van der Waals surface area contributed by atoms with Crippen LogP contribution in [0.5, 0.6) is 0 Å². The number of hydrogen-bond acceptors (Lipinski definition) is 2. The van der Waals surface area contributed by atoms with Crippen molar-refractivity contribution in [1.29, 1.82) is 0 Å². The lowest BCUT2D eigenvalue weighted by Gasteiger charge is -2.35. The number of para-hydroxylation sites is 1. The lowest BCUT2D eigenvalue weighted by molar-refractivity contribution is 0.670. The summed E-state index contributed by atoms with van der Waals surface area (Å²) in [4.78, 5) is 2.43. The van der Waals surface area contributed by atoms with Gasteiger partial charge in [-0.3, -0.25) is 0 Å². The summed E-state index contributed by atoms with van der Waals surface area (Å²) in [5.74, 6) is 0. The number of anilines is 3. The van der Waals surface area contributed by atoms with E-state index in [0.717, 1.165) is 61.3 Å². The van der Waals surface area contributed by atoms with Crippen molar-refractivity contribution >= 4 is 49.8 Å². The van der Waals surface area contributed by atoms with E-state index in [1.54, 1.807) is 0 Å². The van der Waals surface area contributed by atoms with Gasteiger partial charge in [-0.15, -0.1) is 0 Å². The van der Waals surface area contributed by atoms with Crippen LogP contribution in [0, 0.1) is 0 Å². The maximum Gasteiger partial charge on any atom is 0.143 e. The van der Waals surface area contributed by atoms with Gasteiger partial charge in [0.15, 0.2) is 0 Å². The molecule has 2 nitrogen and oxygen atoms in total. The second kappa shape index (κ2) is 15.8. The fraction of sp³-hybridized carbons (Fsp3) is 0.0154. The van der Waals surface area contributed by atoms with E-state index in [9.17, 15) is 0 Å². The predicted molar refractivity (Wildman–Crippen MR) is 280 cm³/mol. The molecule has 314 valence electrons. The molecule has 0 aliphatic heterocycles. The molecule has 0 atom stereocenters. The molecule has 0 N–H and O–H groups in total. The van der Waals surface area contributed by atoms with Crippen molar-refractivity contribution < 1.29 is 4.42 Å². The Balaban J connectivity index is 0.994. The first-order valence-corrected chi connectivity index (χ1v) is 23.1. The Labute approximate surface area is 390 Å². The van der Waals surface area contributed by atoms with Crippen molar-refractivity contribution in [2.45, 2.75) is 5.41 Å². The van der Waals surface area contributed by atoms with Crippen LogP contribution in [0.2, 0.25) is 0 Å². The fourth-order valence-corrected chi connectivity index (χ4v) is 10.9. The molecule has 1 aromatic heterocycles. The average molecular weight is 854 g/mol. The topological polar surface area (TPSA) is 16.4 Å². The van der Waals surface area contributed by atoms with Gasteiger partial charge in [0.1, 0.15) is 11.2 Å². The zero-order valence-electron chi connectivity index (χ0n) is 36.7. The largest absolute Gasteiger partial charge is 0.455 e. The molecule has 0 saturated heterocycles. The third kappa shape index (κ3) is 6.26. The number of rotatable bonds is 8. The van der Waals surface area contributed by atoms with Gasteiger partial charge < -0.3 is 9.32 Å².